The minimum atomic E-state index is -0.735. The van der Waals surface area contributed by atoms with Gasteiger partial charge in [-0.15, -0.1) is 30.1 Å². The molecule has 0 saturated heterocycles. The minimum absolute atomic E-state index is 0.394. The second kappa shape index (κ2) is 58.5. The molecule has 0 unspecified atom stereocenters. The fraction of sp³-hybridized carbons (Fsp3) is 0.414. The molecule has 2 heteroatoms. The number of thiophene rings is 1. The van der Waals surface area contributed by atoms with Crippen LogP contribution in [-0.4, -0.2) is 8.07 Å². The molecule has 1 heterocycles. The number of aryl methyl sites for hydroxylation is 3. The third kappa shape index (κ3) is 55.2. The maximum Gasteiger partial charge on any atom is 0.0768 e. The van der Waals surface area contributed by atoms with E-state index in [-0.39, 0.29) is 0 Å². The van der Waals surface area contributed by atoms with Crippen molar-refractivity contribution in [1.82, 2.24) is 0 Å². The molecule has 8 aromatic rings. The minimum Gasteiger partial charge on any atom is -0.131 e. The first-order valence-corrected chi connectivity index (χ1v) is 41.6. The summed E-state index contributed by atoms with van der Waals surface area (Å²) in [7, 11) is -0.735. The van der Waals surface area contributed by atoms with Gasteiger partial charge >= 0.3 is 0 Å². The Morgan fingerprint density at radius 2 is 0.683 bits per heavy atom. The van der Waals surface area contributed by atoms with Gasteiger partial charge in [0.1, 0.15) is 0 Å². The number of benzene rings is 7. The summed E-state index contributed by atoms with van der Waals surface area (Å²) >= 11 is 1.70. The van der Waals surface area contributed by atoms with Crippen molar-refractivity contribution in [3.8, 4) is 72.1 Å². The summed E-state index contributed by atoms with van der Waals surface area (Å²) in [5.41, 5.74) is 14.0. The van der Waals surface area contributed by atoms with E-state index in [0.717, 1.165) is 27.1 Å². The first-order chi connectivity index (χ1) is 47.8. The van der Waals surface area contributed by atoms with E-state index < -0.39 is 8.07 Å². The van der Waals surface area contributed by atoms with Gasteiger partial charge in [0, 0.05) is 53.3 Å². The predicted octanol–water partition coefficient (Wildman–Crippen LogP) is 28.9. The molecular weight excluding hydrogens is 1250 g/mol. The fourth-order valence-electron chi connectivity index (χ4n) is 7.61. The number of hydrogen-bond donors (Lipinski definition) is 0. The number of rotatable bonds is 11. The zero-order chi connectivity index (χ0) is 76.6. The molecule has 1 aromatic heterocycles. The van der Waals surface area contributed by atoms with Crippen molar-refractivity contribution in [2.24, 2.45) is 23.7 Å². The molecule has 0 radical (unpaired) electrons. The lowest BCUT2D eigenvalue weighted by Crippen LogP contribution is -2.23. The smallest absolute Gasteiger partial charge is 0.0768 e. The van der Waals surface area contributed by atoms with Gasteiger partial charge in [-0.25, -0.2) is 0 Å². The molecular formula is C99H134SSi. The van der Waals surface area contributed by atoms with E-state index >= 15 is 0 Å². The van der Waals surface area contributed by atoms with E-state index in [1.807, 2.05) is 92.7 Å². The van der Waals surface area contributed by atoms with Crippen molar-refractivity contribution in [3.63, 3.8) is 0 Å². The van der Waals surface area contributed by atoms with Crippen LogP contribution >= 0.6 is 11.3 Å². The molecule has 0 aliphatic rings. The van der Waals surface area contributed by atoms with Gasteiger partial charge in [-0.1, -0.05) is 400 Å². The van der Waals surface area contributed by atoms with E-state index in [2.05, 4.69) is 352 Å². The molecule has 7 aromatic carbocycles. The normalized spacial score (nSPS) is 9.84. The van der Waals surface area contributed by atoms with Crippen LogP contribution in [0.25, 0.3) is 0 Å². The SMILES string of the molecule is C#CC(C)C.C#Cc1ccc(C(C)C)s1.CC(C)C#CC#Cc1ccccc1.CC(C)C#Cc1ccccc1.CC(C)[Si](C)(C)C.CC(C)c1ccccc1.CC(C)c1ccccc1.CCCCCCc1ccc(C(C)C)cc1.Cc1ccc(C#CC(C)C)cc1.Cc1ccc(C(C)C)cc1. The Balaban J connectivity index is 0. The van der Waals surface area contributed by atoms with Gasteiger partial charge in [0.2, 0.25) is 0 Å². The molecule has 0 nitrogen and oxygen atoms in total. The number of unbranched alkanes of at least 4 members (excludes halogenated alkanes) is 3. The quantitative estimate of drug-likeness (QED) is 0.0688. The second-order valence-electron chi connectivity index (χ2n) is 29.4. The summed E-state index contributed by atoms with van der Waals surface area (Å²) in [5, 5.41) is 0. The van der Waals surface area contributed by atoms with Crippen molar-refractivity contribution < 1.29 is 0 Å². The molecule has 540 valence electrons. The maximum atomic E-state index is 5.22. The highest BCUT2D eigenvalue weighted by molar-refractivity contribution is 7.12. The van der Waals surface area contributed by atoms with Crippen molar-refractivity contribution >= 4 is 19.4 Å². The summed E-state index contributed by atoms with van der Waals surface area (Å²) in [6.45, 7) is 56.8. The van der Waals surface area contributed by atoms with Crippen LogP contribution in [0.3, 0.4) is 0 Å². The van der Waals surface area contributed by atoms with E-state index in [0.29, 0.717) is 53.3 Å². The van der Waals surface area contributed by atoms with Crippen LogP contribution in [0.1, 0.15) is 266 Å². The summed E-state index contributed by atoms with van der Waals surface area (Å²) in [4.78, 5) is 2.40. The average molecular weight is 1380 g/mol. The van der Waals surface area contributed by atoms with E-state index in [4.69, 9.17) is 12.8 Å². The molecule has 0 aliphatic carbocycles. The van der Waals surface area contributed by atoms with Gasteiger partial charge in [-0.2, -0.15) is 0 Å². The van der Waals surface area contributed by atoms with Gasteiger partial charge in [0.25, 0.3) is 0 Å². The van der Waals surface area contributed by atoms with E-state index in [9.17, 15) is 0 Å². The van der Waals surface area contributed by atoms with Crippen LogP contribution in [0.15, 0.2) is 206 Å². The van der Waals surface area contributed by atoms with Crippen LogP contribution in [0.2, 0.25) is 25.2 Å². The zero-order valence-corrected chi connectivity index (χ0v) is 69.8. The molecule has 0 saturated carbocycles. The summed E-state index contributed by atoms with van der Waals surface area (Å²) in [6, 6.07) is 71.2. The summed E-state index contributed by atoms with van der Waals surface area (Å²) < 4.78 is 0. The van der Waals surface area contributed by atoms with Crippen molar-refractivity contribution in [2.45, 2.75) is 246 Å². The second-order valence-corrected chi connectivity index (χ2v) is 36.4. The lowest BCUT2D eigenvalue weighted by molar-refractivity contribution is 0.666. The summed E-state index contributed by atoms with van der Waals surface area (Å²) in [6.07, 6.45) is 16.8. The molecule has 0 N–H and O–H groups in total. The lowest BCUT2D eigenvalue weighted by atomic mass is 9.99. The Labute approximate surface area is 628 Å². The van der Waals surface area contributed by atoms with E-state index in [1.165, 1.54) is 75.9 Å². The van der Waals surface area contributed by atoms with E-state index in [1.54, 1.807) is 11.3 Å². The third-order valence-electron chi connectivity index (χ3n) is 15.3. The van der Waals surface area contributed by atoms with Gasteiger partial charge in [-0.3, -0.25) is 0 Å². The first-order valence-electron chi connectivity index (χ1n) is 37.2. The van der Waals surface area contributed by atoms with Crippen LogP contribution in [0, 0.1) is 110 Å². The van der Waals surface area contributed by atoms with Gasteiger partial charge < -0.3 is 0 Å². The summed E-state index contributed by atoms with van der Waals surface area (Å²) in [5.74, 6) is 34.2. The standard InChI is InChI=1S/C15H24.C13H12.C12H14.C11H12.C10H14.C9H10S.2C9H12.C6H16Si.C5H8/c1-4-5-6-7-8-14-9-11-15(12-10-14)13(2)3;1-12(2)8-6-7-11-13-9-4-3-5-10-13;1-10(2)4-7-12-8-5-11(3)6-9-12;1-10(2)8-9-11-6-4-3-5-7-11;1-8(2)10-6-4-9(3)5-7-10;1-4-8-5-6-9(10-8)7(2)3;2*1-8(2)9-6-4-3-5-7-9;1-6(2)7(3,4)5;1-4-5(2)3/h9-13H,4-8H2,1-3H3;3-5,9-10,12H,1-2H3;5-6,8-10H,1-3H3;3-7,10H,1-2H3;4-8H,1-3H3;1,5-7H,2-3H3;2*3-8H,1-2H3;6H,1-5H3;1,5H,2-3H3. The van der Waals surface area contributed by atoms with Gasteiger partial charge in [0.15, 0.2) is 0 Å². The highest BCUT2D eigenvalue weighted by Gasteiger charge is 2.16. The molecule has 0 atom stereocenters. The number of hydrogen-bond acceptors (Lipinski definition) is 1. The van der Waals surface area contributed by atoms with Gasteiger partial charge in [-0.05, 0) is 144 Å². The Hall–Kier alpha value is -8.18. The lowest BCUT2D eigenvalue weighted by Gasteiger charge is -2.19. The number of terminal acetylenes is 2. The fourth-order valence-corrected chi connectivity index (χ4v) is 8.43. The maximum absolute atomic E-state index is 5.22. The molecule has 0 aliphatic heterocycles. The van der Waals surface area contributed by atoms with Crippen LogP contribution in [0.4, 0.5) is 0 Å². The van der Waals surface area contributed by atoms with Crippen molar-refractivity contribution in [1.29, 1.82) is 0 Å². The van der Waals surface area contributed by atoms with Gasteiger partial charge in [0.05, 0.1) is 4.88 Å². The highest BCUT2D eigenvalue weighted by atomic mass is 32.1. The molecule has 101 heavy (non-hydrogen) atoms. The molecule has 0 fully saturated rings. The highest BCUT2D eigenvalue weighted by Crippen LogP contribution is 2.24. The largest absolute Gasteiger partial charge is 0.131 e. The Morgan fingerprint density at radius 1 is 0.347 bits per heavy atom. The Morgan fingerprint density at radius 3 is 0.980 bits per heavy atom. The van der Waals surface area contributed by atoms with Crippen molar-refractivity contribution in [3.05, 3.63) is 272 Å². The zero-order valence-electron chi connectivity index (χ0n) is 68.0. The van der Waals surface area contributed by atoms with Crippen LogP contribution < -0.4 is 0 Å². The molecule has 8 rings (SSSR count). The monoisotopic (exact) mass is 1380 g/mol. The molecule has 0 bridgehead atoms. The topological polar surface area (TPSA) is 0 Å². The van der Waals surface area contributed by atoms with Crippen LogP contribution in [0.5, 0.6) is 0 Å². The Kier molecular flexibility index (Phi) is 54.9. The average Bonchev–Trinajstić information content (AvgIpc) is 1.91. The first kappa shape index (κ1) is 94.9. The van der Waals surface area contributed by atoms with Crippen molar-refractivity contribution in [2.75, 3.05) is 0 Å². The molecule has 0 amide bonds. The van der Waals surface area contributed by atoms with Crippen LogP contribution in [-0.2, 0) is 6.42 Å². The predicted molar refractivity (Wildman–Crippen MR) is 460 cm³/mol. The Bertz CT molecular complexity index is 3590. The molecule has 0 spiro atoms. The third-order valence-corrected chi connectivity index (χ3v) is 20.1.